The Hall–Kier alpha value is -1.60. The minimum absolute atomic E-state index is 0.349. The molecule has 0 aromatic heterocycles. The Balaban J connectivity index is 0. The molecule has 6 rings (SSSR count). The smallest absolute Gasteiger partial charge is 0.109 e. The lowest BCUT2D eigenvalue weighted by atomic mass is 9.84. The molecule has 41 heavy (non-hydrogen) atoms. The van der Waals surface area contributed by atoms with Gasteiger partial charge in [-0.15, -0.1) is 0 Å². The Morgan fingerprint density at radius 2 is 0.878 bits per heavy atom. The first-order valence-electron chi connectivity index (χ1n) is 18.1. The number of hydrogen-bond donors (Lipinski definition) is 0. The van der Waals surface area contributed by atoms with Gasteiger partial charge < -0.3 is 4.74 Å². The van der Waals surface area contributed by atoms with Gasteiger partial charge in [0.05, 0.1) is 6.10 Å². The molecule has 0 saturated heterocycles. The Labute approximate surface area is 259 Å². The Bertz CT molecular complexity index is 855. The van der Waals surface area contributed by atoms with E-state index >= 15 is 0 Å². The molecule has 0 heterocycles. The van der Waals surface area contributed by atoms with Gasteiger partial charge in [0.15, 0.2) is 0 Å². The molecule has 0 amide bonds. The van der Waals surface area contributed by atoms with E-state index in [0.29, 0.717) is 12.2 Å². The van der Waals surface area contributed by atoms with Gasteiger partial charge in [-0.3, -0.25) is 0 Å². The zero-order valence-corrected chi connectivity index (χ0v) is 30.3. The molecular weight excluding hydrogens is 496 g/mol. The van der Waals surface area contributed by atoms with Crippen LogP contribution in [0.5, 0.6) is 0 Å². The van der Waals surface area contributed by atoms with Crippen LogP contribution in [0.4, 0.5) is 0 Å². The first kappa shape index (κ1) is 41.5. The number of ether oxygens (including phenoxy) is 1. The number of benzene rings is 2. The fraction of sp³-hybridized carbons (Fsp3) is 0.700. The molecule has 2 aromatic rings. The van der Waals surface area contributed by atoms with Crippen LogP contribution in [0.2, 0.25) is 0 Å². The fourth-order valence-electron chi connectivity index (χ4n) is 5.77. The maximum atomic E-state index is 6.13. The van der Waals surface area contributed by atoms with Crippen molar-refractivity contribution in [3.05, 3.63) is 69.8 Å². The molecular formula is C40H72O. The summed E-state index contributed by atoms with van der Waals surface area (Å²) in [6.45, 7) is 28.4. The molecule has 0 spiro atoms. The van der Waals surface area contributed by atoms with Crippen molar-refractivity contribution in [2.24, 2.45) is 5.92 Å². The van der Waals surface area contributed by atoms with E-state index in [1.54, 1.807) is 11.1 Å². The van der Waals surface area contributed by atoms with E-state index in [4.69, 9.17) is 4.74 Å². The van der Waals surface area contributed by atoms with Crippen molar-refractivity contribution < 1.29 is 4.74 Å². The van der Waals surface area contributed by atoms with Crippen LogP contribution in [0.1, 0.15) is 193 Å². The quantitative estimate of drug-likeness (QED) is 0.358. The monoisotopic (exact) mass is 569 g/mol. The van der Waals surface area contributed by atoms with Crippen LogP contribution in [0, 0.1) is 19.8 Å². The summed E-state index contributed by atoms with van der Waals surface area (Å²) < 4.78 is 6.13. The van der Waals surface area contributed by atoms with E-state index in [2.05, 4.69) is 50.2 Å². The Morgan fingerprint density at radius 3 is 1.32 bits per heavy atom. The van der Waals surface area contributed by atoms with Crippen molar-refractivity contribution in [3.8, 4) is 0 Å². The number of aryl methyl sites for hydroxylation is 2. The maximum Gasteiger partial charge on any atom is 0.109 e. The highest BCUT2D eigenvalue weighted by Gasteiger charge is 2.39. The molecule has 2 fully saturated rings. The van der Waals surface area contributed by atoms with E-state index in [0.717, 1.165) is 11.8 Å². The zero-order valence-electron chi connectivity index (χ0n) is 30.3. The highest BCUT2D eigenvalue weighted by molar-refractivity contribution is 5.54. The molecule has 0 bridgehead atoms. The van der Waals surface area contributed by atoms with Crippen molar-refractivity contribution >= 4 is 0 Å². The first-order chi connectivity index (χ1) is 20.2. The van der Waals surface area contributed by atoms with Gasteiger partial charge in [0, 0.05) is 5.92 Å². The van der Waals surface area contributed by atoms with E-state index in [1.165, 1.54) is 86.5 Å². The predicted octanol–water partition coefficient (Wildman–Crippen LogP) is 13.9. The summed E-state index contributed by atoms with van der Waals surface area (Å²) >= 11 is 0. The van der Waals surface area contributed by atoms with Gasteiger partial charge in [-0.2, -0.15) is 0 Å². The zero-order chi connectivity index (χ0) is 31.8. The van der Waals surface area contributed by atoms with Gasteiger partial charge in [-0.05, 0) is 67.7 Å². The minimum atomic E-state index is 0.349. The molecule has 2 atom stereocenters. The molecule has 2 saturated carbocycles. The van der Waals surface area contributed by atoms with Crippen LogP contribution >= 0.6 is 0 Å². The van der Waals surface area contributed by atoms with Crippen molar-refractivity contribution in [2.75, 3.05) is 0 Å². The molecule has 4 aliphatic carbocycles. The van der Waals surface area contributed by atoms with Crippen LogP contribution in [0.15, 0.2) is 36.4 Å². The summed E-state index contributed by atoms with van der Waals surface area (Å²) in [5, 5.41) is 0. The lowest BCUT2D eigenvalue weighted by Crippen LogP contribution is -2.15. The Kier molecular flexibility index (Phi) is 26.4. The normalized spacial score (nSPS) is 18.9. The SMILES string of the molecule is CC.CC.CC.CC.CC.CC.Cc1ccc2c(c1)[C@@H]2C1CCCCC1.Cc1ccc2c(c1)[C@@H]2OC1CCCCC1. The van der Waals surface area contributed by atoms with Gasteiger partial charge in [-0.1, -0.05) is 169 Å². The molecule has 2 aromatic carbocycles. The lowest BCUT2D eigenvalue weighted by molar-refractivity contribution is 0.00899. The molecule has 4 aliphatic rings. The molecule has 0 N–H and O–H groups in total. The van der Waals surface area contributed by atoms with E-state index in [1.807, 2.05) is 83.1 Å². The number of fused-ring (bicyclic) bond motifs is 2. The number of rotatable bonds is 3. The summed E-state index contributed by atoms with van der Waals surface area (Å²) in [6, 6.07) is 13.7. The number of hydrogen-bond acceptors (Lipinski definition) is 1. The van der Waals surface area contributed by atoms with Crippen LogP contribution < -0.4 is 0 Å². The van der Waals surface area contributed by atoms with Gasteiger partial charge in [0.1, 0.15) is 6.10 Å². The van der Waals surface area contributed by atoms with E-state index in [-0.39, 0.29) is 0 Å². The minimum Gasteiger partial charge on any atom is -0.366 e. The highest BCUT2D eigenvalue weighted by atomic mass is 16.5. The molecule has 0 unspecified atom stereocenters. The third kappa shape index (κ3) is 13.9. The standard InChI is InChI=1S/C14H18O.C14H18.6C2H6/c1-10-7-8-12-13(9-10)14(12)15-11-5-3-2-4-6-11;1-10-7-8-12-13(9-10)14(12)11-5-3-2-4-6-11;6*1-2/h7-9,11,14H,2-6H2,1H3;7-9,11,14H,2-6H2,1H3;6*1-2H3/t2*14-;;;;;;/m11....../s1. The largest absolute Gasteiger partial charge is 0.366 e. The second kappa shape index (κ2) is 26.1. The molecule has 1 heteroatoms. The maximum absolute atomic E-state index is 6.13. The van der Waals surface area contributed by atoms with Crippen molar-refractivity contribution in [2.45, 2.75) is 179 Å². The summed E-state index contributed by atoms with van der Waals surface area (Å²) in [4.78, 5) is 0. The van der Waals surface area contributed by atoms with Gasteiger partial charge in [-0.25, -0.2) is 0 Å². The average Bonchev–Trinajstić information content (AvgIpc) is 3.98. The van der Waals surface area contributed by atoms with Crippen LogP contribution in [0.25, 0.3) is 0 Å². The average molecular weight is 569 g/mol. The first-order valence-corrected chi connectivity index (χ1v) is 18.1. The molecule has 1 nitrogen and oxygen atoms in total. The molecule has 0 radical (unpaired) electrons. The summed E-state index contributed by atoms with van der Waals surface area (Å²) in [6.07, 6.45) is 14.9. The van der Waals surface area contributed by atoms with Crippen LogP contribution in [-0.4, -0.2) is 6.10 Å². The van der Waals surface area contributed by atoms with Crippen LogP contribution in [0.3, 0.4) is 0 Å². The van der Waals surface area contributed by atoms with Crippen LogP contribution in [-0.2, 0) is 4.74 Å². The van der Waals surface area contributed by atoms with Gasteiger partial charge >= 0.3 is 0 Å². The predicted molar refractivity (Wildman–Crippen MR) is 189 cm³/mol. The van der Waals surface area contributed by atoms with Gasteiger partial charge in [0.2, 0.25) is 0 Å². The van der Waals surface area contributed by atoms with Crippen molar-refractivity contribution in [1.29, 1.82) is 0 Å². The summed E-state index contributed by atoms with van der Waals surface area (Å²) in [7, 11) is 0. The van der Waals surface area contributed by atoms with Crippen molar-refractivity contribution in [1.82, 2.24) is 0 Å². The van der Waals surface area contributed by atoms with Crippen molar-refractivity contribution in [3.63, 3.8) is 0 Å². The second-order valence-electron chi connectivity index (χ2n) is 9.92. The van der Waals surface area contributed by atoms with E-state index < -0.39 is 0 Å². The second-order valence-corrected chi connectivity index (χ2v) is 9.92. The lowest BCUT2D eigenvalue weighted by Gasteiger charge is -2.21. The Morgan fingerprint density at radius 1 is 0.463 bits per heavy atom. The molecule has 238 valence electrons. The third-order valence-electron chi connectivity index (χ3n) is 7.55. The highest BCUT2D eigenvalue weighted by Crippen LogP contribution is 2.53. The fourth-order valence-corrected chi connectivity index (χ4v) is 5.77. The summed E-state index contributed by atoms with van der Waals surface area (Å²) in [5.74, 6) is 1.85. The van der Waals surface area contributed by atoms with Gasteiger partial charge in [0.25, 0.3) is 0 Å². The van der Waals surface area contributed by atoms with E-state index in [9.17, 15) is 0 Å². The topological polar surface area (TPSA) is 9.23 Å². The molecule has 0 aliphatic heterocycles. The third-order valence-corrected chi connectivity index (χ3v) is 7.55. The summed E-state index contributed by atoms with van der Waals surface area (Å²) in [5.41, 5.74) is 8.96.